The van der Waals surface area contributed by atoms with E-state index < -0.39 is 37.8 Å². The van der Waals surface area contributed by atoms with Gasteiger partial charge in [0.15, 0.2) is 5.96 Å². The van der Waals surface area contributed by atoms with E-state index in [4.69, 9.17) is 10.1 Å². The molecule has 0 aliphatic carbocycles. The number of nitrogens with zero attached hydrogens (tertiary/aromatic N) is 1. The lowest BCUT2D eigenvalue weighted by Crippen LogP contribution is -2.44. The molecule has 1 amide bonds. The van der Waals surface area contributed by atoms with Gasteiger partial charge in [-0.1, -0.05) is 60.7 Å². The summed E-state index contributed by atoms with van der Waals surface area (Å²) in [5, 5.41) is 15.3. The molecule has 0 spiro atoms. The number of guanidine groups is 1. The molecule has 0 aliphatic rings. The highest BCUT2D eigenvalue weighted by Gasteiger charge is 2.25. The summed E-state index contributed by atoms with van der Waals surface area (Å²) >= 11 is 0. The van der Waals surface area contributed by atoms with Gasteiger partial charge in [-0.3, -0.25) is 15.0 Å². The van der Waals surface area contributed by atoms with Gasteiger partial charge in [0, 0.05) is 12.7 Å². The third-order valence-corrected chi connectivity index (χ3v) is 6.29. The van der Waals surface area contributed by atoms with Crippen molar-refractivity contribution >= 4 is 33.7 Å². The summed E-state index contributed by atoms with van der Waals surface area (Å²) in [7, 11) is 0.575. The van der Waals surface area contributed by atoms with Gasteiger partial charge < -0.3 is 25.0 Å². The number of amides is 1. The van der Waals surface area contributed by atoms with E-state index in [0.29, 0.717) is 6.42 Å². The zero-order valence-corrected chi connectivity index (χ0v) is 22.1. The molecule has 1 heterocycles. The topological polar surface area (TPSA) is 125 Å². The molecule has 3 rings (SSSR count). The predicted molar refractivity (Wildman–Crippen MR) is 149 cm³/mol. The Hall–Kier alpha value is -3.98. The van der Waals surface area contributed by atoms with Crippen molar-refractivity contribution in [3.05, 3.63) is 106 Å². The van der Waals surface area contributed by atoms with E-state index in [1.165, 1.54) is 25.3 Å². The highest BCUT2D eigenvalue weighted by Crippen LogP contribution is 2.25. The average molecular weight is 537 g/mol. The number of hydrogen-bond acceptors (Lipinski definition) is 5. The summed E-state index contributed by atoms with van der Waals surface area (Å²) in [6.07, 6.45) is 2.20. The van der Waals surface area contributed by atoms with Gasteiger partial charge in [-0.15, -0.1) is 0 Å². The molecule has 0 radical (unpaired) electrons. The van der Waals surface area contributed by atoms with Crippen LogP contribution in [0.15, 0.2) is 83.8 Å². The van der Waals surface area contributed by atoms with Crippen LogP contribution in [-0.2, 0) is 9.53 Å². The summed E-state index contributed by atoms with van der Waals surface area (Å²) in [4.78, 5) is 39.1. The fourth-order valence-electron chi connectivity index (χ4n) is 4.01. The monoisotopic (exact) mass is 537 g/mol. The molecule has 12 heteroatoms. The third-order valence-electron chi connectivity index (χ3n) is 5.76. The molecule has 38 heavy (non-hydrogen) atoms. The number of nitrogens with one attached hydrogen (secondary N) is 4. The van der Waals surface area contributed by atoms with Crippen LogP contribution >= 0.6 is 8.26 Å². The number of esters is 1. The van der Waals surface area contributed by atoms with Gasteiger partial charge >= 0.3 is 5.97 Å². The second-order valence-electron chi connectivity index (χ2n) is 8.44. The maximum atomic E-state index is 13.6. The number of pyridine rings is 1. The minimum absolute atomic E-state index is 0.110. The summed E-state index contributed by atoms with van der Waals surface area (Å²) in [6, 6.07) is 20.6. The fraction of sp³-hybridized carbons (Fsp3) is 0.231. The molecule has 0 saturated heterocycles. The van der Waals surface area contributed by atoms with Gasteiger partial charge in [-0.2, -0.15) is 0 Å². The first kappa shape index (κ1) is 28.6. The largest absolute Gasteiger partial charge is 0.467 e. The Kier molecular flexibility index (Phi) is 10.6. The Labute approximate surface area is 222 Å². The van der Waals surface area contributed by atoms with E-state index in [1.807, 2.05) is 60.7 Å². The third kappa shape index (κ3) is 7.76. The predicted octanol–water partition coefficient (Wildman–Crippen LogP) is 2.48. The van der Waals surface area contributed by atoms with Crippen LogP contribution in [0.4, 0.5) is 4.20 Å². The van der Waals surface area contributed by atoms with Crippen LogP contribution in [-0.4, -0.2) is 49.7 Å². The van der Waals surface area contributed by atoms with Crippen molar-refractivity contribution < 1.29 is 18.5 Å². The number of hydrogen-bond donors (Lipinski definition) is 4. The van der Waals surface area contributed by atoms with E-state index in [0.717, 1.165) is 11.1 Å². The Balaban J connectivity index is 1.81. The minimum atomic E-state index is -1.96. The van der Waals surface area contributed by atoms with Crippen molar-refractivity contribution in [3.63, 3.8) is 0 Å². The average Bonchev–Trinajstić information content (AvgIpc) is 2.91. The van der Waals surface area contributed by atoms with Crippen molar-refractivity contribution in [3.8, 4) is 0 Å². The molecule has 0 fully saturated rings. The van der Waals surface area contributed by atoms with E-state index in [1.54, 1.807) is 12.3 Å². The van der Waals surface area contributed by atoms with Crippen LogP contribution in [0.25, 0.3) is 0 Å². The first-order valence-electron chi connectivity index (χ1n) is 12.0. The SMILES string of the molecule is BP(F)NC(=N)NCCC[C@H](NC(=O)c1cccn(C(c2ccccc2)c2ccccc2)c1=O)C(=O)OC. The summed E-state index contributed by atoms with van der Waals surface area (Å²) in [5.74, 6) is -1.51. The maximum absolute atomic E-state index is 13.6. The second kappa shape index (κ2) is 14.1. The van der Waals surface area contributed by atoms with Crippen molar-refractivity contribution in [1.82, 2.24) is 20.3 Å². The van der Waals surface area contributed by atoms with Crippen LogP contribution in [0.3, 0.4) is 0 Å². The number of ether oxygens (including phenoxy) is 1. The van der Waals surface area contributed by atoms with Crippen LogP contribution in [0.5, 0.6) is 0 Å². The quantitative estimate of drug-likeness (QED) is 0.0744. The summed E-state index contributed by atoms with van der Waals surface area (Å²) in [5.41, 5.74) is 1.14. The van der Waals surface area contributed by atoms with E-state index in [-0.39, 0.29) is 24.5 Å². The normalized spacial score (nSPS) is 12.3. The fourth-order valence-corrected chi connectivity index (χ4v) is 4.40. The van der Waals surface area contributed by atoms with Gasteiger partial charge in [0.05, 0.1) is 13.2 Å². The molecule has 198 valence electrons. The first-order chi connectivity index (χ1) is 18.3. The summed E-state index contributed by atoms with van der Waals surface area (Å²) < 4.78 is 19.3. The molecule has 2 atom stereocenters. The molecule has 9 nitrogen and oxygen atoms in total. The Morgan fingerprint density at radius 1 is 1.05 bits per heavy atom. The number of aromatic nitrogens is 1. The number of benzene rings is 2. The zero-order chi connectivity index (χ0) is 27.5. The Morgan fingerprint density at radius 3 is 2.21 bits per heavy atom. The molecule has 1 aromatic heterocycles. The molecule has 4 N–H and O–H groups in total. The first-order valence-corrected chi connectivity index (χ1v) is 13.7. The zero-order valence-electron chi connectivity index (χ0n) is 21.2. The van der Waals surface area contributed by atoms with Gasteiger partial charge in [0.1, 0.15) is 19.9 Å². The van der Waals surface area contributed by atoms with Crippen molar-refractivity contribution in [1.29, 1.82) is 5.41 Å². The Morgan fingerprint density at radius 2 is 1.66 bits per heavy atom. The Bertz CT molecular complexity index is 1250. The van der Waals surface area contributed by atoms with Crippen molar-refractivity contribution in [2.24, 2.45) is 0 Å². The maximum Gasteiger partial charge on any atom is 0.328 e. The molecular formula is C26H30BFN5O4P. The van der Waals surface area contributed by atoms with E-state index in [9.17, 15) is 18.6 Å². The van der Waals surface area contributed by atoms with E-state index in [2.05, 4.69) is 15.7 Å². The number of rotatable bonds is 11. The number of carbonyl (C=O) groups excluding carboxylic acids is 2. The van der Waals surface area contributed by atoms with Gasteiger partial charge in [-0.05, 0) is 36.1 Å². The highest BCUT2D eigenvalue weighted by molar-refractivity contribution is 7.76. The van der Waals surface area contributed by atoms with Gasteiger partial charge in [0.25, 0.3) is 11.5 Å². The smallest absolute Gasteiger partial charge is 0.328 e. The van der Waals surface area contributed by atoms with Crippen LogP contribution in [0.1, 0.15) is 40.4 Å². The van der Waals surface area contributed by atoms with Crippen LogP contribution in [0, 0.1) is 5.41 Å². The molecule has 3 aromatic rings. The van der Waals surface area contributed by atoms with Gasteiger partial charge in [0.2, 0.25) is 7.57 Å². The molecule has 0 aliphatic heterocycles. The molecule has 0 saturated carbocycles. The lowest BCUT2D eigenvalue weighted by Gasteiger charge is -2.22. The number of halogens is 1. The summed E-state index contributed by atoms with van der Waals surface area (Å²) in [6.45, 7) is 0.270. The van der Waals surface area contributed by atoms with Crippen molar-refractivity contribution in [2.75, 3.05) is 13.7 Å². The highest BCUT2D eigenvalue weighted by atomic mass is 31.2. The second-order valence-corrected chi connectivity index (χ2v) is 9.62. The number of carbonyl (C=O) groups is 2. The molecular weight excluding hydrogens is 507 g/mol. The minimum Gasteiger partial charge on any atom is -0.467 e. The van der Waals surface area contributed by atoms with Crippen LogP contribution in [0.2, 0.25) is 0 Å². The van der Waals surface area contributed by atoms with E-state index >= 15 is 0 Å². The van der Waals surface area contributed by atoms with Gasteiger partial charge in [-0.25, -0.2) is 8.99 Å². The molecule has 0 bridgehead atoms. The standard InChI is InChI=1S/C26H30BFN5O4P/c1-37-25(36)21(15-8-16-30-26(29)32-38(27)28)31-23(34)20-14-9-17-33(24(20)35)22(18-10-4-2-5-11-18)19-12-6-3-7-13-19/h2-7,9-14,17,21-22H,8,15-16,27H2,1H3,(H,31,34)(H3,29,30,32)/t21-,38?/m0/s1. The van der Waals surface area contributed by atoms with Crippen LogP contribution < -0.4 is 21.3 Å². The lowest BCUT2D eigenvalue weighted by molar-refractivity contribution is -0.143. The lowest BCUT2D eigenvalue weighted by atomic mass is 9.98. The molecule has 2 aromatic carbocycles. The van der Waals surface area contributed by atoms with Crippen molar-refractivity contribution in [2.45, 2.75) is 24.9 Å². The molecule has 1 unspecified atom stereocenters. The number of methoxy groups -OCH3 is 1.